The van der Waals surface area contributed by atoms with Crippen molar-refractivity contribution in [1.82, 2.24) is 15.2 Å². The van der Waals surface area contributed by atoms with E-state index in [4.69, 9.17) is 5.73 Å². The lowest BCUT2D eigenvalue weighted by molar-refractivity contribution is 0.0956. The first-order chi connectivity index (χ1) is 16.5. The van der Waals surface area contributed by atoms with Crippen LogP contribution in [0.5, 0.6) is 0 Å². The van der Waals surface area contributed by atoms with Crippen molar-refractivity contribution >= 4 is 17.4 Å². The normalized spacial score (nSPS) is 16.6. The zero-order valence-electron chi connectivity index (χ0n) is 19.5. The topological polar surface area (TPSA) is 74.5 Å². The van der Waals surface area contributed by atoms with Gasteiger partial charge in [0.25, 0.3) is 5.91 Å². The summed E-state index contributed by atoms with van der Waals surface area (Å²) >= 11 is 0. The second-order valence-electron chi connectivity index (χ2n) is 8.96. The van der Waals surface area contributed by atoms with E-state index in [0.717, 1.165) is 67.9 Å². The Morgan fingerprint density at radius 2 is 1.71 bits per heavy atom. The summed E-state index contributed by atoms with van der Waals surface area (Å²) in [5.74, 6) is -0.495. The molecule has 0 saturated carbocycles. The number of hydrogen-bond acceptors (Lipinski definition) is 5. The minimum Gasteiger partial charge on any atom is -0.383 e. The van der Waals surface area contributed by atoms with Crippen molar-refractivity contribution < 1.29 is 9.18 Å². The molecule has 6 nitrogen and oxygen atoms in total. The van der Waals surface area contributed by atoms with Gasteiger partial charge < -0.3 is 20.9 Å². The van der Waals surface area contributed by atoms with Crippen LogP contribution in [-0.4, -0.2) is 55.1 Å². The van der Waals surface area contributed by atoms with Gasteiger partial charge in [0.2, 0.25) is 5.95 Å². The van der Waals surface area contributed by atoms with Crippen molar-refractivity contribution in [3.63, 3.8) is 0 Å². The Hall–Kier alpha value is -3.45. The summed E-state index contributed by atoms with van der Waals surface area (Å²) in [5, 5.41) is 2.91. The van der Waals surface area contributed by atoms with Gasteiger partial charge in [-0.1, -0.05) is 31.2 Å². The average Bonchev–Trinajstić information content (AvgIpc) is 3.05. The summed E-state index contributed by atoms with van der Waals surface area (Å²) in [6.07, 6.45) is 1.68. The first-order valence-electron chi connectivity index (χ1n) is 12.0. The molecule has 0 spiro atoms. The fourth-order valence-electron chi connectivity index (χ4n) is 4.88. The van der Waals surface area contributed by atoms with Crippen LogP contribution >= 0.6 is 0 Å². The van der Waals surface area contributed by atoms with Crippen LogP contribution in [0.1, 0.15) is 29.3 Å². The predicted octanol–water partition coefficient (Wildman–Crippen LogP) is 3.95. The second-order valence-corrected chi connectivity index (χ2v) is 8.96. The van der Waals surface area contributed by atoms with Gasteiger partial charge in [0.15, 0.2) is 0 Å². The lowest BCUT2D eigenvalue weighted by atomic mass is 9.95. The highest BCUT2D eigenvalue weighted by Gasteiger charge is 2.19. The molecule has 0 aliphatic carbocycles. The Kier molecular flexibility index (Phi) is 6.20. The van der Waals surface area contributed by atoms with Crippen molar-refractivity contribution in [2.45, 2.75) is 19.8 Å². The molecule has 2 aliphatic heterocycles. The fraction of sp³-hybridized carbons (Fsp3) is 0.333. The monoisotopic (exact) mass is 459 g/mol. The average molecular weight is 460 g/mol. The van der Waals surface area contributed by atoms with Gasteiger partial charge in [-0.3, -0.25) is 4.79 Å². The maximum absolute atomic E-state index is 14.9. The van der Waals surface area contributed by atoms with Gasteiger partial charge in [0.1, 0.15) is 5.82 Å². The number of amides is 1. The van der Waals surface area contributed by atoms with E-state index in [2.05, 4.69) is 27.0 Å². The zero-order valence-corrected chi connectivity index (χ0v) is 19.5. The van der Waals surface area contributed by atoms with Gasteiger partial charge >= 0.3 is 0 Å². The molecule has 2 aliphatic rings. The Labute approximate surface area is 199 Å². The van der Waals surface area contributed by atoms with Crippen LogP contribution in [0.2, 0.25) is 0 Å². The highest BCUT2D eigenvalue weighted by Crippen LogP contribution is 2.34. The van der Waals surface area contributed by atoms with Crippen molar-refractivity contribution in [2.75, 3.05) is 49.9 Å². The van der Waals surface area contributed by atoms with Crippen molar-refractivity contribution in [1.29, 1.82) is 0 Å². The summed E-state index contributed by atoms with van der Waals surface area (Å²) in [7, 11) is 0. The summed E-state index contributed by atoms with van der Waals surface area (Å²) in [6, 6.07) is 15.4. The lowest BCUT2D eigenvalue weighted by Crippen LogP contribution is -2.46. The number of likely N-dealkylation sites (N-methyl/N-ethyl adjacent to an activating group) is 1. The molecule has 3 heterocycles. The zero-order chi connectivity index (χ0) is 23.7. The van der Waals surface area contributed by atoms with Crippen molar-refractivity contribution in [3.05, 3.63) is 65.6 Å². The van der Waals surface area contributed by atoms with E-state index in [1.54, 1.807) is 6.07 Å². The smallest absolute Gasteiger partial charge is 0.251 e. The number of carbonyl (C=O) groups excluding carboxylic acids is 1. The molecule has 3 aromatic rings. The number of nitrogens with one attached hydrogen (secondary N) is 1. The van der Waals surface area contributed by atoms with Crippen molar-refractivity contribution in [2.24, 2.45) is 0 Å². The summed E-state index contributed by atoms with van der Waals surface area (Å²) in [5.41, 5.74) is 11.6. The third-order valence-corrected chi connectivity index (χ3v) is 6.94. The Balaban J connectivity index is 1.44. The molecule has 3 N–H and O–H groups in total. The number of benzene rings is 2. The van der Waals surface area contributed by atoms with E-state index in [1.807, 2.05) is 42.5 Å². The van der Waals surface area contributed by atoms with E-state index in [-0.39, 0.29) is 11.7 Å². The highest BCUT2D eigenvalue weighted by atomic mass is 19.1. The molecule has 0 bridgehead atoms. The molecule has 2 aromatic carbocycles. The number of nitrogen functional groups attached to an aromatic ring is 1. The van der Waals surface area contributed by atoms with Gasteiger partial charge in [-0.2, -0.15) is 4.39 Å². The second kappa shape index (κ2) is 9.43. The van der Waals surface area contributed by atoms with Crippen LogP contribution in [0, 0.1) is 5.95 Å². The maximum Gasteiger partial charge on any atom is 0.251 e. The number of aromatic nitrogens is 1. The largest absolute Gasteiger partial charge is 0.383 e. The number of halogens is 1. The molecular formula is C27H30FN5O. The number of fused-ring (bicyclic) bond motifs is 1. The van der Waals surface area contributed by atoms with E-state index in [0.29, 0.717) is 23.2 Å². The summed E-state index contributed by atoms with van der Waals surface area (Å²) in [4.78, 5) is 21.1. The Morgan fingerprint density at radius 3 is 2.44 bits per heavy atom. The van der Waals surface area contributed by atoms with Crippen LogP contribution < -0.4 is 16.0 Å². The molecule has 34 heavy (non-hydrogen) atoms. The van der Waals surface area contributed by atoms with Crippen LogP contribution in [0.15, 0.2) is 48.5 Å². The predicted molar refractivity (Wildman–Crippen MR) is 134 cm³/mol. The van der Waals surface area contributed by atoms with Crippen LogP contribution in [-0.2, 0) is 6.42 Å². The summed E-state index contributed by atoms with van der Waals surface area (Å²) < 4.78 is 14.9. The molecule has 7 heteroatoms. The van der Waals surface area contributed by atoms with Crippen molar-refractivity contribution in [3.8, 4) is 22.3 Å². The molecule has 176 valence electrons. The van der Waals surface area contributed by atoms with E-state index in [9.17, 15) is 9.18 Å². The van der Waals surface area contributed by atoms with E-state index in [1.165, 1.54) is 0 Å². The molecular weight excluding hydrogens is 429 g/mol. The van der Waals surface area contributed by atoms with Gasteiger partial charge in [-0.25, -0.2) is 4.98 Å². The number of aryl methyl sites for hydroxylation is 1. The Bertz CT molecular complexity index is 1200. The molecule has 5 rings (SSSR count). The molecule has 1 aromatic heterocycles. The van der Waals surface area contributed by atoms with Crippen LogP contribution in [0.4, 0.5) is 15.9 Å². The SMILES string of the molecule is CCN1CCN(c2ccc(-c3cc(-c4ccc5c(c4)CCCNC5=O)c(N)nc3F)cc2)CC1. The third-order valence-electron chi connectivity index (χ3n) is 6.94. The first-order valence-corrected chi connectivity index (χ1v) is 12.0. The lowest BCUT2D eigenvalue weighted by Gasteiger charge is -2.35. The number of nitrogens with two attached hydrogens (primary N) is 1. The molecule has 1 amide bonds. The number of nitrogens with zero attached hydrogens (tertiary/aromatic N) is 3. The molecule has 0 atom stereocenters. The number of piperazine rings is 1. The molecule has 1 fully saturated rings. The number of pyridine rings is 1. The molecule has 1 saturated heterocycles. The first kappa shape index (κ1) is 22.3. The maximum atomic E-state index is 14.9. The van der Waals surface area contributed by atoms with E-state index >= 15 is 0 Å². The van der Waals surface area contributed by atoms with Gasteiger partial charge in [-0.05, 0) is 60.3 Å². The standard InChI is InChI=1S/C27H30FN5O/c1-2-32-12-14-33(15-13-32)21-8-5-18(6-9-21)23-17-24(26(29)31-25(23)28)20-7-10-22-19(16-20)4-3-11-30-27(22)34/h5-10,16-17H,2-4,11-15H2,1H3,(H2,29,31)(H,30,34). The quantitative estimate of drug-likeness (QED) is 0.578. The van der Waals surface area contributed by atoms with Gasteiger partial charge in [-0.15, -0.1) is 0 Å². The van der Waals surface area contributed by atoms with Crippen LogP contribution in [0.25, 0.3) is 22.3 Å². The van der Waals surface area contributed by atoms with E-state index < -0.39 is 5.95 Å². The molecule has 0 radical (unpaired) electrons. The minimum atomic E-state index is -0.584. The Morgan fingerprint density at radius 1 is 0.971 bits per heavy atom. The van der Waals surface area contributed by atoms with Gasteiger partial charge in [0, 0.05) is 55.1 Å². The fourth-order valence-corrected chi connectivity index (χ4v) is 4.88. The number of hydrogen-bond donors (Lipinski definition) is 2. The number of rotatable bonds is 4. The van der Waals surface area contributed by atoms with Gasteiger partial charge in [0.05, 0.1) is 0 Å². The third kappa shape index (κ3) is 4.35. The molecule has 0 unspecified atom stereocenters. The van der Waals surface area contributed by atoms with Crippen LogP contribution in [0.3, 0.4) is 0 Å². The highest BCUT2D eigenvalue weighted by molar-refractivity contribution is 5.97. The number of anilines is 2. The number of carbonyl (C=O) groups is 1. The summed E-state index contributed by atoms with van der Waals surface area (Å²) in [6.45, 7) is 8.03. The minimum absolute atomic E-state index is 0.0545.